The van der Waals surface area contributed by atoms with Crippen molar-refractivity contribution in [1.82, 2.24) is 5.32 Å². The minimum atomic E-state index is -0.814. The van der Waals surface area contributed by atoms with Crippen LogP contribution in [0.5, 0.6) is 34.5 Å². The smallest absolute Gasteiger partial charge is 0.691 e. The normalized spacial score (nSPS) is 11.5. The second-order valence-corrected chi connectivity index (χ2v) is 9.08. The van der Waals surface area contributed by atoms with E-state index in [1.54, 1.807) is 68.1 Å². The summed E-state index contributed by atoms with van der Waals surface area (Å²) in [5, 5.41) is 16.0. The molecule has 1 unspecified atom stereocenters. The summed E-state index contributed by atoms with van der Waals surface area (Å²) in [7, 11) is 11.1. The summed E-state index contributed by atoms with van der Waals surface area (Å²) in [6.07, 6.45) is 17.0. The number of hydrogen-bond acceptors (Lipinski definition) is 9. The fourth-order valence-electron chi connectivity index (χ4n) is 3.97. The molecule has 246 valence electrons. The van der Waals surface area contributed by atoms with Crippen molar-refractivity contribution in [3.05, 3.63) is 77.3 Å². The molecule has 0 heterocycles. The van der Waals surface area contributed by atoms with E-state index in [9.17, 15) is 9.59 Å². The van der Waals surface area contributed by atoms with Gasteiger partial charge in [0.05, 0.1) is 42.7 Å². The zero-order valence-electron chi connectivity index (χ0n) is 28.1. The summed E-state index contributed by atoms with van der Waals surface area (Å²) in [4.78, 5) is 21.0. The minimum absolute atomic E-state index is 0. The average Bonchev–Trinajstić information content (AvgIpc) is 3.06. The van der Waals surface area contributed by atoms with Crippen LogP contribution in [0.2, 0.25) is 0 Å². The molecule has 46 heavy (non-hydrogen) atoms. The van der Waals surface area contributed by atoms with Crippen molar-refractivity contribution in [3.8, 4) is 34.5 Å². The van der Waals surface area contributed by atoms with Gasteiger partial charge in [0.15, 0.2) is 23.0 Å². The van der Waals surface area contributed by atoms with Gasteiger partial charge < -0.3 is 44.2 Å². The number of benzene rings is 2. The first-order valence-corrected chi connectivity index (χ1v) is 14.1. The van der Waals surface area contributed by atoms with Crippen molar-refractivity contribution >= 4 is 24.4 Å². The zero-order valence-corrected chi connectivity index (χ0v) is 31.2. The fraction of sp³-hybridized carbons (Fsp3) is 0.353. The fourth-order valence-corrected chi connectivity index (χ4v) is 3.97. The number of unbranched alkanes of at least 4 members (excludes halogenated alkanes) is 1. The molecule has 0 saturated heterocycles. The SMILES string of the molecule is CNC(CCCC[N-]/C=C/C=C/c1cc(OC)c(OC)c(OC)c1)C(=O)O.COc1cc(/C=C/C=C/C=O)cc(OC)c1OC.[K+]. The van der Waals surface area contributed by atoms with Crippen LogP contribution in [-0.4, -0.2) is 79.7 Å². The molecule has 2 aromatic rings. The Bertz CT molecular complexity index is 1260. The first-order valence-electron chi connectivity index (χ1n) is 14.1. The Morgan fingerprint density at radius 3 is 1.57 bits per heavy atom. The third kappa shape index (κ3) is 15.3. The quantitative estimate of drug-likeness (QED) is 0.0759. The number of allylic oxidation sites excluding steroid dienone is 5. The Morgan fingerprint density at radius 1 is 0.739 bits per heavy atom. The Kier molecular flexibility index (Phi) is 24.0. The Morgan fingerprint density at radius 2 is 1.20 bits per heavy atom. The molecule has 0 amide bonds. The van der Waals surface area contributed by atoms with Crippen LogP contribution in [0.4, 0.5) is 0 Å². The average molecular weight is 665 g/mol. The van der Waals surface area contributed by atoms with Crippen molar-refractivity contribution in [2.45, 2.75) is 25.3 Å². The van der Waals surface area contributed by atoms with E-state index in [0.29, 0.717) is 47.5 Å². The molecule has 0 aliphatic carbocycles. The van der Waals surface area contributed by atoms with Crippen LogP contribution in [0.25, 0.3) is 17.5 Å². The Labute approximate surface area is 315 Å². The van der Waals surface area contributed by atoms with Crippen molar-refractivity contribution < 1.29 is 94.5 Å². The zero-order chi connectivity index (χ0) is 33.5. The molecule has 1 atom stereocenters. The van der Waals surface area contributed by atoms with Gasteiger partial charge in [-0.1, -0.05) is 49.3 Å². The standard InChI is InChI=1S/C20H29N2O5.C14H16O4.K/c1-21-16(20(23)24)10-6-8-12-22-11-7-5-9-15-13-17(25-2)19(27-4)18(14-15)26-3;1-16-12-9-11(7-5-4-6-8-15)10-13(17-2)14(12)18-3;/h5,7,9,11,13-14,16,21H,6,8,10,12H2,1-4H3,(H,23,24);4-10H,1-3H3;/q-1;;+1/b9-5+,11-7+;6-4+,7-5+;. The minimum Gasteiger partial charge on any atom is -0.691 e. The molecule has 0 fully saturated rings. The number of rotatable bonds is 19. The molecule has 0 aliphatic heterocycles. The number of nitrogens with one attached hydrogen (secondary N) is 1. The van der Waals surface area contributed by atoms with E-state index in [2.05, 4.69) is 10.6 Å². The summed E-state index contributed by atoms with van der Waals surface area (Å²) in [6.45, 7) is 0.671. The van der Waals surface area contributed by atoms with Crippen LogP contribution in [0.15, 0.2) is 60.8 Å². The summed E-state index contributed by atoms with van der Waals surface area (Å²) < 4.78 is 31.6. The van der Waals surface area contributed by atoms with Crippen molar-refractivity contribution in [2.75, 3.05) is 56.3 Å². The molecule has 0 bridgehead atoms. The van der Waals surface area contributed by atoms with Crippen LogP contribution in [0.3, 0.4) is 0 Å². The molecule has 0 spiro atoms. The number of carbonyl (C=O) groups is 2. The largest absolute Gasteiger partial charge is 1.00 e. The maximum Gasteiger partial charge on any atom is 1.00 e. The molecular formula is C34H45KN2O9. The number of aliphatic carboxylic acids is 1. The van der Waals surface area contributed by atoms with Crippen LogP contribution in [0.1, 0.15) is 30.4 Å². The van der Waals surface area contributed by atoms with E-state index < -0.39 is 12.0 Å². The van der Waals surface area contributed by atoms with E-state index >= 15 is 0 Å². The molecule has 2 N–H and O–H groups in total. The Hall–Kier alpha value is -3.26. The maximum absolute atomic E-state index is 10.9. The van der Waals surface area contributed by atoms with Gasteiger partial charge in [-0.25, -0.2) is 0 Å². The summed E-state index contributed by atoms with van der Waals surface area (Å²) in [5.41, 5.74) is 1.81. The topological polar surface area (TPSA) is 136 Å². The third-order valence-corrected chi connectivity index (χ3v) is 6.23. The number of likely N-dealkylation sites (N-methyl/N-ethyl adjacent to an activating group) is 1. The van der Waals surface area contributed by atoms with Crippen molar-refractivity contribution in [1.29, 1.82) is 0 Å². The number of carbonyl (C=O) groups excluding carboxylic acids is 1. The van der Waals surface area contributed by atoms with Gasteiger partial charge in [0, 0.05) is 0 Å². The van der Waals surface area contributed by atoms with E-state index in [0.717, 1.165) is 30.3 Å². The van der Waals surface area contributed by atoms with Gasteiger partial charge >= 0.3 is 57.4 Å². The van der Waals surface area contributed by atoms with Gasteiger partial charge in [-0.3, -0.25) is 9.59 Å². The molecule has 0 aromatic heterocycles. The van der Waals surface area contributed by atoms with Crippen LogP contribution < -0.4 is 85.1 Å². The molecule has 0 aliphatic rings. The maximum atomic E-state index is 10.9. The monoisotopic (exact) mass is 664 g/mol. The number of aldehydes is 1. The number of carboxylic acid groups (broad SMARTS) is 1. The number of methoxy groups -OCH3 is 6. The van der Waals surface area contributed by atoms with Crippen LogP contribution in [-0.2, 0) is 9.59 Å². The van der Waals surface area contributed by atoms with E-state index in [1.807, 2.05) is 48.6 Å². The predicted molar refractivity (Wildman–Crippen MR) is 177 cm³/mol. The van der Waals surface area contributed by atoms with Crippen LogP contribution >= 0.6 is 0 Å². The van der Waals surface area contributed by atoms with Gasteiger partial charge in [0.1, 0.15) is 12.3 Å². The molecule has 0 saturated carbocycles. The molecule has 0 radical (unpaired) electrons. The molecule has 11 nitrogen and oxygen atoms in total. The van der Waals surface area contributed by atoms with Crippen LogP contribution in [0, 0.1) is 0 Å². The molecule has 2 rings (SSSR count). The number of nitrogens with zero attached hydrogens (tertiary/aromatic N) is 1. The number of carboxylic acids is 1. The second kappa shape index (κ2) is 25.9. The van der Waals surface area contributed by atoms with E-state index in [-0.39, 0.29) is 51.4 Å². The summed E-state index contributed by atoms with van der Waals surface area (Å²) >= 11 is 0. The van der Waals surface area contributed by atoms with E-state index in [1.165, 1.54) is 6.08 Å². The van der Waals surface area contributed by atoms with Gasteiger partial charge in [-0.05, 0) is 54.9 Å². The van der Waals surface area contributed by atoms with Gasteiger partial charge in [0.25, 0.3) is 0 Å². The summed E-state index contributed by atoms with van der Waals surface area (Å²) in [6, 6.07) is 6.90. The van der Waals surface area contributed by atoms with Crippen molar-refractivity contribution in [2.24, 2.45) is 0 Å². The van der Waals surface area contributed by atoms with Crippen molar-refractivity contribution in [3.63, 3.8) is 0 Å². The molecular weight excluding hydrogens is 619 g/mol. The number of hydrogen-bond donors (Lipinski definition) is 2. The summed E-state index contributed by atoms with van der Waals surface area (Å²) in [5.74, 6) is 2.70. The second-order valence-electron chi connectivity index (χ2n) is 9.08. The van der Waals surface area contributed by atoms with Gasteiger partial charge in [-0.2, -0.15) is 6.20 Å². The van der Waals surface area contributed by atoms with Gasteiger partial charge in [-0.15, -0.1) is 6.54 Å². The predicted octanol–water partition coefficient (Wildman–Crippen LogP) is 2.94. The van der Waals surface area contributed by atoms with E-state index in [4.69, 9.17) is 33.5 Å². The third-order valence-electron chi connectivity index (χ3n) is 6.23. The first-order chi connectivity index (χ1) is 21.8. The Balaban J connectivity index is 0.000000929. The molecule has 2 aromatic carbocycles. The first kappa shape index (κ1) is 42.7. The number of ether oxygens (including phenoxy) is 6. The molecule has 12 heteroatoms. The van der Waals surface area contributed by atoms with Gasteiger partial charge in [0.2, 0.25) is 11.5 Å².